The molecule has 4 N–H and O–H groups in total. The molecular formula is C15H28N2O4. The van der Waals surface area contributed by atoms with E-state index in [0.717, 1.165) is 25.7 Å². The van der Waals surface area contributed by atoms with Gasteiger partial charge in [0, 0.05) is 5.92 Å². The molecule has 0 saturated heterocycles. The summed E-state index contributed by atoms with van der Waals surface area (Å²) in [4.78, 5) is 34.7. The third-order valence-electron chi connectivity index (χ3n) is 3.31. The number of ketones is 1. The molecular weight excluding hydrogens is 272 g/mol. The second-order valence-corrected chi connectivity index (χ2v) is 5.67. The summed E-state index contributed by atoms with van der Waals surface area (Å²) in [6, 6.07) is -1.70. The van der Waals surface area contributed by atoms with Crippen LogP contribution in [0.4, 0.5) is 0 Å². The minimum Gasteiger partial charge on any atom is -0.481 e. The number of rotatable bonds is 11. The van der Waals surface area contributed by atoms with E-state index in [-0.39, 0.29) is 11.7 Å². The molecule has 2 unspecified atom stereocenters. The van der Waals surface area contributed by atoms with Gasteiger partial charge in [-0.2, -0.15) is 0 Å². The molecule has 0 aromatic carbocycles. The van der Waals surface area contributed by atoms with Crippen LogP contribution in [0.25, 0.3) is 0 Å². The summed E-state index contributed by atoms with van der Waals surface area (Å²) in [5.41, 5.74) is 5.78. The normalized spacial score (nSPS) is 13.8. The number of nitrogens with two attached hydrogens (primary N) is 1. The maximum atomic E-state index is 11.9. The predicted molar refractivity (Wildman–Crippen MR) is 80.8 cm³/mol. The number of Topliss-reactive ketones (excluding diaryl/α,β-unsaturated/α-hetero) is 1. The fraction of sp³-hybridized carbons (Fsp3) is 0.800. The van der Waals surface area contributed by atoms with Gasteiger partial charge in [0.2, 0.25) is 5.91 Å². The SMILES string of the molecule is CCCCCCC(N)C(=O)NC(CC(=O)O)C(=O)C(C)C. The lowest BCUT2D eigenvalue weighted by atomic mass is 9.98. The average Bonchev–Trinajstić information content (AvgIpc) is 2.40. The zero-order valence-electron chi connectivity index (χ0n) is 13.2. The Balaban J connectivity index is 4.44. The van der Waals surface area contributed by atoms with Gasteiger partial charge < -0.3 is 16.2 Å². The van der Waals surface area contributed by atoms with Crippen LogP contribution in [-0.2, 0) is 14.4 Å². The summed E-state index contributed by atoms with van der Waals surface area (Å²) >= 11 is 0. The van der Waals surface area contributed by atoms with Crippen molar-refractivity contribution in [1.29, 1.82) is 0 Å². The maximum Gasteiger partial charge on any atom is 0.305 e. The zero-order valence-corrected chi connectivity index (χ0v) is 13.2. The molecule has 0 heterocycles. The molecule has 0 saturated carbocycles. The molecule has 122 valence electrons. The molecule has 0 aromatic rings. The van der Waals surface area contributed by atoms with E-state index >= 15 is 0 Å². The maximum absolute atomic E-state index is 11.9. The highest BCUT2D eigenvalue weighted by atomic mass is 16.4. The summed E-state index contributed by atoms with van der Waals surface area (Å²) in [6.45, 7) is 5.45. The molecule has 2 atom stereocenters. The van der Waals surface area contributed by atoms with E-state index in [0.29, 0.717) is 6.42 Å². The van der Waals surface area contributed by atoms with Crippen molar-refractivity contribution in [3.05, 3.63) is 0 Å². The number of amides is 1. The van der Waals surface area contributed by atoms with Crippen LogP contribution in [0.2, 0.25) is 0 Å². The summed E-state index contributed by atoms with van der Waals surface area (Å²) in [7, 11) is 0. The Morgan fingerprint density at radius 1 is 1.14 bits per heavy atom. The van der Waals surface area contributed by atoms with Gasteiger partial charge in [-0.05, 0) is 6.42 Å². The Hall–Kier alpha value is -1.43. The molecule has 0 fully saturated rings. The number of carboxylic acids is 1. The number of carbonyl (C=O) groups excluding carboxylic acids is 2. The minimum atomic E-state index is -1.12. The van der Waals surface area contributed by atoms with Gasteiger partial charge in [0.15, 0.2) is 5.78 Å². The molecule has 21 heavy (non-hydrogen) atoms. The molecule has 0 aliphatic heterocycles. The van der Waals surface area contributed by atoms with Gasteiger partial charge in [0.25, 0.3) is 0 Å². The fourth-order valence-electron chi connectivity index (χ4n) is 2.00. The summed E-state index contributed by atoms with van der Waals surface area (Å²) in [5, 5.41) is 11.3. The second kappa shape index (κ2) is 10.3. The Morgan fingerprint density at radius 2 is 1.76 bits per heavy atom. The standard InChI is InChI=1S/C15H28N2O4/c1-4-5-6-7-8-11(16)15(21)17-12(9-13(18)19)14(20)10(2)3/h10-12H,4-9,16H2,1-3H3,(H,17,21)(H,18,19). The highest BCUT2D eigenvalue weighted by Gasteiger charge is 2.27. The lowest BCUT2D eigenvalue weighted by Crippen LogP contribution is -2.50. The minimum absolute atomic E-state index is 0.288. The number of carboxylic acid groups (broad SMARTS) is 1. The van der Waals surface area contributed by atoms with E-state index in [1.165, 1.54) is 0 Å². The van der Waals surface area contributed by atoms with Crippen molar-refractivity contribution in [3.8, 4) is 0 Å². The van der Waals surface area contributed by atoms with Crippen molar-refractivity contribution in [2.45, 2.75) is 71.4 Å². The van der Waals surface area contributed by atoms with Crippen LogP contribution in [0, 0.1) is 5.92 Å². The predicted octanol–water partition coefficient (Wildman–Crippen LogP) is 1.47. The van der Waals surface area contributed by atoms with Gasteiger partial charge in [-0.15, -0.1) is 0 Å². The average molecular weight is 300 g/mol. The monoisotopic (exact) mass is 300 g/mol. The van der Waals surface area contributed by atoms with Crippen LogP contribution in [0.5, 0.6) is 0 Å². The van der Waals surface area contributed by atoms with Gasteiger partial charge in [-0.25, -0.2) is 0 Å². The van der Waals surface area contributed by atoms with Crippen molar-refractivity contribution in [2.24, 2.45) is 11.7 Å². The van der Waals surface area contributed by atoms with Gasteiger partial charge in [-0.1, -0.05) is 46.5 Å². The Kier molecular flexibility index (Phi) is 9.62. The molecule has 0 bridgehead atoms. The largest absolute Gasteiger partial charge is 0.481 e. The summed E-state index contributed by atoms with van der Waals surface area (Å²) < 4.78 is 0. The Labute approximate surface area is 126 Å². The summed E-state index contributed by atoms with van der Waals surface area (Å²) in [6.07, 6.45) is 4.20. The first-order valence-corrected chi connectivity index (χ1v) is 7.61. The van der Waals surface area contributed by atoms with Crippen molar-refractivity contribution in [1.82, 2.24) is 5.32 Å². The second-order valence-electron chi connectivity index (χ2n) is 5.67. The topological polar surface area (TPSA) is 109 Å². The number of unbranched alkanes of at least 4 members (excludes halogenated alkanes) is 3. The number of hydrogen-bond donors (Lipinski definition) is 3. The number of nitrogens with one attached hydrogen (secondary N) is 1. The Morgan fingerprint density at radius 3 is 2.24 bits per heavy atom. The van der Waals surface area contributed by atoms with E-state index in [2.05, 4.69) is 12.2 Å². The third kappa shape index (κ3) is 8.45. The third-order valence-corrected chi connectivity index (χ3v) is 3.31. The first-order valence-electron chi connectivity index (χ1n) is 7.61. The first kappa shape index (κ1) is 19.6. The first-order chi connectivity index (χ1) is 9.79. The van der Waals surface area contributed by atoms with Gasteiger partial charge in [0.1, 0.15) is 0 Å². The fourth-order valence-corrected chi connectivity index (χ4v) is 2.00. The lowest BCUT2D eigenvalue weighted by Gasteiger charge is -2.20. The highest BCUT2D eigenvalue weighted by molar-refractivity contribution is 5.94. The molecule has 0 rings (SSSR count). The van der Waals surface area contributed by atoms with E-state index in [4.69, 9.17) is 10.8 Å². The van der Waals surface area contributed by atoms with E-state index in [1.807, 2.05) is 0 Å². The summed E-state index contributed by atoms with van der Waals surface area (Å²) in [5.74, 6) is -2.20. The molecule has 0 aromatic heterocycles. The van der Waals surface area contributed by atoms with Crippen molar-refractivity contribution in [3.63, 3.8) is 0 Å². The molecule has 1 amide bonds. The van der Waals surface area contributed by atoms with Crippen LogP contribution in [-0.4, -0.2) is 34.8 Å². The van der Waals surface area contributed by atoms with Crippen LogP contribution < -0.4 is 11.1 Å². The lowest BCUT2D eigenvalue weighted by molar-refractivity contribution is -0.140. The van der Waals surface area contributed by atoms with E-state index in [9.17, 15) is 14.4 Å². The van der Waals surface area contributed by atoms with Crippen LogP contribution in [0.1, 0.15) is 59.3 Å². The van der Waals surface area contributed by atoms with E-state index < -0.39 is 30.4 Å². The zero-order chi connectivity index (χ0) is 16.4. The van der Waals surface area contributed by atoms with Crippen molar-refractivity contribution >= 4 is 17.7 Å². The quantitative estimate of drug-likeness (QED) is 0.501. The molecule has 6 heteroatoms. The Bertz CT molecular complexity index is 356. The molecule has 0 aliphatic carbocycles. The van der Waals surface area contributed by atoms with Gasteiger partial charge >= 0.3 is 5.97 Å². The highest BCUT2D eigenvalue weighted by Crippen LogP contribution is 2.07. The molecule has 0 radical (unpaired) electrons. The smallest absolute Gasteiger partial charge is 0.305 e. The van der Waals surface area contributed by atoms with Crippen LogP contribution >= 0.6 is 0 Å². The van der Waals surface area contributed by atoms with Crippen molar-refractivity contribution in [2.75, 3.05) is 0 Å². The van der Waals surface area contributed by atoms with Crippen molar-refractivity contribution < 1.29 is 19.5 Å². The number of carbonyl (C=O) groups is 3. The number of aliphatic carboxylic acids is 1. The molecule has 0 spiro atoms. The molecule has 6 nitrogen and oxygen atoms in total. The van der Waals surface area contributed by atoms with Crippen LogP contribution in [0.3, 0.4) is 0 Å². The molecule has 0 aliphatic rings. The van der Waals surface area contributed by atoms with Gasteiger partial charge in [-0.3, -0.25) is 14.4 Å². The van der Waals surface area contributed by atoms with Gasteiger partial charge in [0.05, 0.1) is 18.5 Å². The number of hydrogen-bond acceptors (Lipinski definition) is 4. The van der Waals surface area contributed by atoms with Crippen LogP contribution in [0.15, 0.2) is 0 Å². The van der Waals surface area contributed by atoms with E-state index in [1.54, 1.807) is 13.8 Å².